The van der Waals surface area contributed by atoms with Gasteiger partial charge in [-0.05, 0) is 55.0 Å². The Morgan fingerprint density at radius 2 is 1.78 bits per heavy atom. The molecule has 0 spiro atoms. The molecule has 3 rings (SSSR count). The maximum absolute atomic E-state index is 13.3. The van der Waals surface area contributed by atoms with Gasteiger partial charge in [-0.1, -0.05) is 40.9 Å². The highest BCUT2D eigenvalue weighted by atomic mass is 35.5. The lowest BCUT2D eigenvalue weighted by Gasteiger charge is -2.16. The summed E-state index contributed by atoms with van der Waals surface area (Å²) in [4.78, 5) is 11.1. The van der Waals surface area contributed by atoms with E-state index in [0.29, 0.717) is 40.9 Å². The fourth-order valence-electron chi connectivity index (χ4n) is 2.92. The van der Waals surface area contributed by atoms with Gasteiger partial charge in [0.2, 0.25) is 0 Å². The Bertz CT molecular complexity index is 1140. The normalized spacial score (nSPS) is 10.7. The Labute approximate surface area is 199 Å². The predicted octanol–water partition coefficient (Wildman–Crippen LogP) is 7.07. The van der Waals surface area contributed by atoms with Crippen LogP contribution in [0.2, 0.25) is 15.1 Å². The Kier molecular flexibility index (Phi) is 8.07. The molecule has 3 aromatic carbocycles. The molecule has 0 aliphatic rings. The lowest BCUT2D eigenvalue weighted by atomic mass is 10.1. The topological polar surface area (TPSA) is 67.8 Å². The molecule has 0 saturated heterocycles. The van der Waals surface area contributed by atoms with E-state index in [2.05, 4.69) is 5.32 Å². The molecule has 2 N–H and O–H groups in total. The highest BCUT2D eigenvalue weighted by Crippen LogP contribution is 2.38. The zero-order valence-corrected chi connectivity index (χ0v) is 19.2. The third kappa shape index (κ3) is 5.97. The average Bonchev–Trinajstić information content (AvgIpc) is 2.73. The SMILES string of the molecule is CCOc1cc(CNc2ccc(C(=O)O)c(Cl)c2)cc(Cl)c1OCc1ccc(F)cc1Cl. The molecule has 0 saturated carbocycles. The van der Waals surface area contributed by atoms with Gasteiger partial charge in [-0.15, -0.1) is 0 Å². The van der Waals surface area contributed by atoms with Crippen molar-refractivity contribution in [2.45, 2.75) is 20.1 Å². The molecule has 9 heteroatoms. The molecule has 0 heterocycles. The Morgan fingerprint density at radius 1 is 1.00 bits per heavy atom. The number of ether oxygens (including phenoxy) is 2. The first-order valence-electron chi connectivity index (χ1n) is 9.57. The van der Waals surface area contributed by atoms with Gasteiger partial charge < -0.3 is 19.9 Å². The molecule has 0 bridgehead atoms. The van der Waals surface area contributed by atoms with Crippen molar-refractivity contribution in [2.24, 2.45) is 0 Å². The first kappa shape index (κ1) is 24.0. The van der Waals surface area contributed by atoms with Gasteiger partial charge in [-0.3, -0.25) is 0 Å². The number of carboxylic acids is 1. The molecule has 0 amide bonds. The van der Waals surface area contributed by atoms with E-state index < -0.39 is 11.8 Å². The minimum Gasteiger partial charge on any atom is -0.490 e. The second kappa shape index (κ2) is 10.8. The van der Waals surface area contributed by atoms with Gasteiger partial charge in [0.25, 0.3) is 0 Å². The summed E-state index contributed by atoms with van der Waals surface area (Å²) in [5.41, 5.74) is 2.10. The van der Waals surface area contributed by atoms with Crippen LogP contribution in [-0.2, 0) is 13.2 Å². The van der Waals surface area contributed by atoms with Gasteiger partial charge in [-0.25, -0.2) is 9.18 Å². The second-order valence-electron chi connectivity index (χ2n) is 6.72. The maximum Gasteiger partial charge on any atom is 0.337 e. The van der Waals surface area contributed by atoms with Crippen LogP contribution in [0, 0.1) is 5.82 Å². The van der Waals surface area contributed by atoms with Crippen LogP contribution >= 0.6 is 34.8 Å². The zero-order valence-electron chi connectivity index (χ0n) is 16.9. The molecule has 3 aromatic rings. The van der Waals surface area contributed by atoms with Crippen molar-refractivity contribution >= 4 is 46.5 Å². The van der Waals surface area contributed by atoms with E-state index >= 15 is 0 Å². The summed E-state index contributed by atoms with van der Waals surface area (Å²) in [7, 11) is 0. The van der Waals surface area contributed by atoms with Crippen molar-refractivity contribution in [3.05, 3.63) is 86.1 Å². The van der Waals surface area contributed by atoms with E-state index in [-0.39, 0.29) is 22.2 Å². The van der Waals surface area contributed by atoms with Gasteiger partial charge in [0, 0.05) is 17.8 Å². The monoisotopic (exact) mass is 497 g/mol. The van der Waals surface area contributed by atoms with Crippen LogP contribution in [0.1, 0.15) is 28.4 Å². The van der Waals surface area contributed by atoms with E-state index in [0.717, 1.165) is 5.56 Å². The Morgan fingerprint density at radius 3 is 2.44 bits per heavy atom. The lowest BCUT2D eigenvalue weighted by molar-refractivity contribution is 0.0697. The van der Waals surface area contributed by atoms with Crippen LogP contribution in [0.15, 0.2) is 48.5 Å². The minimum absolute atomic E-state index is 0.0293. The van der Waals surface area contributed by atoms with Crippen LogP contribution in [0.5, 0.6) is 11.5 Å². The average molecular weight is 499 g/mol. The van der Waals surface area contributed by atoms with Crippen LogP contribution in [-0.4, -0.2) is 17.7 Å². The quantitative estimate of drug-likeness (QED) is 0.330. The van der Waals surface area contributed by atoms with Crippen molar-refractivity contribution in [3.63, 3.8) is 0 Å². The first-order valence-corrected chi connectivity index (χ1v) is 10.7. The summed E-state index contributed by atoms with van der Waals surface area (Å²) < 4.78 is 24.8. The second-order valence-corrected chi connectivity index (χ2v) is 7.94. The zero-order chi connectivity index (χ0) is 23.3. The predicted molar refractivity (Wildman–Crippen MR) is 124 cm³/mol. The van der Waals surface area contributed by atoms with E-state index in [4.69, 9.17) is 49.4 Å². The van der Waals surface area contributed by atoms with Crippen LogP contribution in [0.25, 0.3) is 0 Å². The molecule has 0 aliphatic carbocycles. The number of carboxylic acid groups (broad SMARTS) is 1. The third-order valence-electron chi connectivity index (χ3n) is 4.45. The summed E-state index contributed by atoms with van der Waals surface area (Å²) in [6.45, 7) is 2.70. The summed E-state index contributed by atoms with van der Waals surface area (Å²) >= 11 is 18.5. The van der Waals surface area contributed by atoms with Crippen LogP contribution < -0.4 is 14.8 Å². The van der Waals surface area contributed by atoms with Crippen molar-refractivity contribution in [3.8, 4) is 11.5 Å². The number of nitrogens with one attached hydrogen (secondary N) is 1. The molecule has 0 aliphatic heterocycles. The number of carbonyl (C=O) groups is 1. The third-order valence-corrected chi connectivity index (χ3v) is 5.40. The highest BCUT2D eigenvalue weighted by molar-refractivity contribution is 6.34. The maximum atomic E-state index is 13.3. The molecule has 5 nitrogen and oxygen atoms in total. The molecule has 0 aromatic heterocycles. The molecule has 0 unspecified atom stereocenters. The fraction of sp³-hybridized carbons (Fsp3) is 0.174. The Hall–Kier alpha value is -2.67. The number of benzene rings is 3. The van der Waals surface area contributed by atoms with Crippen molar-refractivity contribution in [2.75, 3.05) is 11.9 Å². The van der Waals surface area contributed by atoms with Gasteiger partial charge in [0.1, 0.15) is 12.4 Å². The largest absolute Gasteiger partial charge is 0.490 e. The van der Waals surface area contributed by atoms with Crippen LogP contribution in [0.4, 0.5) is 10.1 Å². The molecule has 32 heavy (non-hydrogen) atoms. The van der Waals surface area contributed by atoms with E-state index in [1.165, 1.54) is 18.2 Å². The van der Waals surface area contributed by atoms with E-state index in [1.54, 1.807) is 30.3 Å². The van der Waals surface area contributed by atoms with Crippen molar-refractivity contribution in [1.29, 1.82) is 0 Å². The van der Waals surface area contributed by atoms with Gasteiger partial charge in [0.15, 0.2) is 11.5 Å². The van der Waals surface area contributed by atoms with Crippen LogP contribution in [0.3, 0.4) is 0 Å². The van der Waals surface area contributed by atoms with Gasteiger partial charge >= 0.3 is 5.97 Å². The molecule has 168 valence electrons. The summed E-state index contributed by atoms with van der Waals surface area (Å²) in [5, 5.41) is 13.0. The highest BCUT2D eigenvalue weighted by Gasteiger charge is 2.15. The number of hydrogen-bond donors (Lipinski definition) is 2. The van der Waals surface area contributed by atoms with Crippen molar-refractivity contribution in [1.82, 2.24) is 0 Å². The molecule has 0 radical (unpaired) electrons. The lowest BCUT2D eigenvalue weighted by Crippen LogP contribution is -2.05. The van der Waals surface area contributed by atoms with E-state index in [9.17, 15) is 9.18 Å². The number of halogens is 4. The molecule has 0 atom stereocenters. The molecular weight excluding hydrogens is 480 g/mol. The number of rotatable bonds is 9. The first-order chi connectivity index (χ1) is 15.3. The van der Waals surface area contributed by atoms with Gasteiger partial charge in [-0.2, -0.15) is 0 Å². The van der Waals surface area contributed by atoms with Gasteiger partial charge in [0.05, 0.1) is 27.2 Å². The summed E-state index contributed by atoms with van der Waals surface area (Å²) in [6, 6.07) is 12.2. The number of hydrogen-bond acceptors (Lipinski definition) is 4. The summed E-state index contributed by atoms with van der Waals surface area (Å²) in [6.07, 6.45) is 0. The van der Waals surface area contributed by atoms with Crippen molar-refractivity contribution < 1.29 is 23.8 Å². The standard InChI is InChI=1S/C23H19Cl3FNO4/c1-2-31-21-8-13(11-28-16-5-6-17(23(29)30)19(25)10-16)7-20(26)22(21)32-12-14-3-4-15(27)9-18(14)24/h3-10,28H,2,11-12H2,1H3,(H,29,30). The molecule has 0 fully saturated rings. The fourth-order valence-corrected chi connectivity index (χ4v) is 3.69. The summed E-state index contributed by atoms with van der Waals surface area (Å²) in [5.74, 6) is -0.712. The van der Waals surface area contributed by atoms with E-state index in [1.807, 2.05) is 6.92 Å². The molecular formula is C23H19Cl3FNO4. The number of anilines is 1. The minimum atomic E-state index is -1.09. The Balaban J connectivity index is 1.76. The smallest absolute Gasteiger partial charge is 0.337 e. The number of aromatic carboxylic acids is 1.